The molecule has 1 aromatic heterocycles. The number of carbonyl (C=O) groups is 2. The van der Waals surface area contributed by atoms with Gasteiger partial charge in [0.05, 0.1) is 12.6 Å². The quantitative estimate of drug-likeness (QED) is 0.669. The molecule has 10 heteroatoms. The first-order valence-corrected chi connectivity index (χ1v) is 8.12. The van der Waals surface area contributed by atoms with Gasteiger partial charge in [-0.25, -0.2) is 4.79 Å². The summed E-state index contributed by atoms with van der Waals surface area (Å²) in [5, 5.41) is 8.72. The Morgan fingerprint density at radius 1 is 1.31 bits per heavy atom. The lowest BCUT2D eigenvalue weighted by molar-refractivity contribution is 0.0679. The van der Waals surface area contributed by atoms with Crippen LogP contribution in [0.4, 0.5) is 10.5 Å². The first-order valence-electron chi connectivity index (χ1n) is 8.12. The molecule has 1 saturated heterocycles. The molecule has 2 aromatic rings. The zero-order valence-corrected chi connectivity index (χ0v) is 13.9. The summed E-state index contributed by atoms with van der Waals surface area (Å²) >= 11 is 0. The lowest BCUT2D eigenvalue weighted by atomic mass is 10.2. The molecule has 1 aromatic carbocycles. The number of aromatic nitrogens is 2. The van der Waals surface area contributed by atoms with E-state index in [0.29, 0.717) is 18.0 Å². The molecule has 0 bridgehead atoms. The van der Waals surface area contributed by atoms with Crippen LogP contribution in [-0.2, 0) is 11.3 Å². The van der Waals surface area contributed by atoms with Gasteiger partial charge < -0.3 is 30.4 Å². The van der Waals surface area contributed by atoms with Crippen molar-refractivity contribution in [3.63, 3.8) is 0 Å². The van der Waals surface area contributed by atoms with Crippen LogP contribution in [0.5, 0.6) is 5.75 Å². The fourth-order valence-electron chi connectivity index (χ4n) is 2.36. The fraction of sp³-hybridized carbons (Fsp3) is 0.375. The van der Waals surface area contributed by atoms with Crippen LogP contribution in [0.25, 0.3) is 0 Å². The Bertz CT molecular complexity index is 755. The number of hydrogen-bond donors (Lipinski definition) is 3. The number of anilines is 1. The monoisotopic (exact) mass is 361 g/mol. The Balaban J connectivity index is 1.42. The number of primary amides is 1. The third-order valence-corrected chi connectivity index (χ3v) is 3.66. The maximum Gasteiger partial charge on any atom is 0.319 e. The van der Waals surface area contributed by atoms with Gasteiger partial charge in [0.1, 0.15) is 12.4 Å². The second-order valence-electron chi connectivity index (χ2n) is 5.66. The number of nitrogens with two attached hydrogens (primary N) is 1. The molecule has 1 atom stereocenters. The van der Waals surface area contributed by atoms with Crippen LogP contribution in [-0.4, -0.2) is 41.4 Å². The molecule has 26 heavy (non-hydrogen) atoms. The van der Waals surface area contributed by atoms with Crippen LogP contribution in [0.1, 0.15) is 29.4 Å². The van der Waals surface area contributed by atoms with E-state index in [0.717, 1.165) is 19.4 Å². The highest BCUT2D eigenvalue weighted by Gasteiger charge is 2.16. The first kappa shape index (κ1) is 17.7. The van der Waals surface area contributed by atoms with Crippen LogP contribution in [0.3, 0.4) is 0 Å². The molecule has 3 amide bonds. The Morgan fingerprint density at radius 3 is 2.77 bits per heavy atom. The summed E-state index contributed by atoms with van der Waals surface area (Å²) in [7, 11) is 0. The van der Waals surface area contributed by atoms with Crippen molar-refractivity contribution >= 4 is 17.6 Å². The van der Waals surface area contributed by atoms with E-state index in [1.807, 2.05) is 0 Å². The number of carbonyl (C=O) groups excluding carboxylic acids is 2. The summed E-state index contributed by atoms with van der Waals surface area (Å²) in [5.41, 5.74) is 5.60. The molecule has 0 aliphatic carbocycles. The second-order valence-corrected chi connectivity index (χ2v) is 5.66. The van der Waals surface area contributed by atoms with Crippen molar-refractivity contribution in [2.75, 3.05) is 18.5 Å². The normalized spacial score (nSPS) is 16.2. The van der Waals surface area contributed by atoms with E-state index in [-0.39, 0.29) is 24.4 Å². The summed E-state index contributed by atoms with van der Waals surface area (Å²) in [5.74, 6) is -0.278. The zero-order valence-electron chi connectivity index (χ0n) is 13.9. The highest BCUT2D eigenvalue weighted by Crippen LogP contribution is 2.18. The lowest BCUT2D eigenvalue weighted by Gasteiger charge is -2.12. The van der Waals surface area contributed by atoms with Crippen molar-refractivity contribution in [2.45, 2.75) is 25.5 Å². The van der Waals surface area contributed by atoms with Gasteiger partial charge in [-0.1, -0.05) is 5.16 Å². The van der Waals surface area contributed by atoms with Crippen LogP contribution < -0.4 is 21.1 Å². The van der Waals surface area contributed by atoms with Crippen molar-refractivity contribution in [1.82, 2.24) is 15.5 Å². The molecular formula is C16H19N5O5. The average Bonchev–Trinajstić information content (AvgIpc) is 3.31. The molecule has 10 nitrogen and oxygen atoms in total. The van der Waals surface area contributed by atoms with E-state index >= 15 is 0 Å². The third kappa shape index (κ3) is 4.93. The number of nitrogens with one attached hydrogen (secondary N) is 2. The minimum absolute atomic E-state index is 0.00873. The molecule has 0 unspecified atom stereocenters. The van der Waals surface area contributed by atoms with Gasteiger partial charge >= 0.3 is 17.8 Å². The molecule has 3 rings (SSSR count). The highest BCUT2D eigenvalue weighted by molar-refractivity contribution is 5.89. The summed E-state index contributed by atoms with van der Waals surface area (Å²) in [6.45, 7) is 1.30. The number of amides is 3. The van der Waals surface area contributed by atoms with Crippen LogP contribution in [0.15, 0.2) is 28.8 Å². The number of rotatable bonds is 7. The lowest BCUT2D eigenvalue weighted by Crippen LogP contribution is -2.28. The molecule has 1 aliphatic rings. The van der Waals surface area contributed by atoms with Crippen molar-refractivity contribution in [2.24, 2.45) is 5.73 Å². The van der Waals surface area contributed by atoms with E-state index < -0.39 is 11.9 Å². The van der Waals surface area contributed by atoms with E-state index in [1.165, 1.54) is 0 Å². The van der Waals surface area contributed by atoms with E-state index in [4.69, 9.17) is 15.2 Å². The zero-order chi connectivity index (χ0) is 18.4. The maximum atomic E-state index is 11.9. The molecule has 138 valence electrons. The van der Waals surface area contributed by atoms with Gasteiger partial charge in [-0.05, 0) is 37.1 Å². The van der Waals surface area contributed by atoms with Crippen molar-refractivity contribution in [3.05, 3.63) is 36.0 Å². The van der Waals surface area contributed by atoms with E-state index in [1.54, 1.807) is 24.3 Å². The topological polar surface area (TPSA) is 142 Å². The third-order valence-electron chi connectivity index (χ3n) is 3.66. The standard InChI is InChI=1S/C16H19N5O5/c17-14(22)15-20-13(21-26-15)8-18-16(23)19-10-3-5-11(6-4-10)25-9-12-2-1-7-24-12/h3-6,12H,1-2,7-9H2,(H2,17,22)(H2,18,19,23)/t12-/m1/s1. The molecule has 1 aliphatic heterocycles. The second kappa shape index (κ2) is 8.30. The van der Waals surface area contributed by atoms with E-state index in [2.05, 4.69) is 25.3 Å². The molecule has 4 N–H and O–H groups in total. The number of hydrogen-bond acceptors (Lipinski definition) is 7. The SMILES string of the molecule is NC(=O)c1nc(CNC(=O)Nc2ccc(OC[C@H]3CCCO3)cc2)no1. The van der Waals surface area contributed by atoms with Crippen LogP contribution in [0, 0.1) is 0 Å². The summed E-state index contributed by atoms with van der Waals surface area (Å²) in [6, 6.07) is 6.53. The summed E-state index contributed by atoms with van der Waals surface area (Å²) in [6.07, 6.45) is 2.24. The molecule has 1 fully saturated rings. The highest BCUT2D eigenvalue weighted by atomic mass is 16.5. The van der Waals surface area contributed by atoms with Crippen molar-refractivity contribution in [1.29, 1.82) is 0 Å². The Kier molecular flexibility index (Phi) is 5.64. The number of urea groups is 1. The minimum atomic E-state index is -0.824. The van der Waals surface area contributed by atoms with Crippen LogP contribution in [0.2, 0.25) is 0 Å². The Hall–Kier alpha value is -3.14. The predicted octanol–water partition coefficient (Wildman–Crippen LogP) is 1.05. The van der Waals surface area contributed by atoms with Gasteiger partial charge in [0.2, 0.25) is 0 Å². The van der Waals surface area contributed by atoms with Gasteiger partial charge in [0.15, 0.2) is 5.82 Å². The van der Waals surface area contributed by atoms with Gasteiger partial charge in [-0.2, -0.15) is 4.98 Å². The molecule has 2 heterocycles. The van der Waals surface area contributed by atoms with Gasteiger partial charge in [-0.3, -0.25) is 4.79 Å². The smallest absolute Gasteiger partial charge is 0.319 e. The Labute approximate surface area is 149 Å². The largest absolute Gasteiger partial charge is 0.491 e. The number of ether oxygens (including phenoxy) is 2. The Morgan fingerprint density at radius 2 is 2.12 bits per heavy atom. The van der Waals surface area contributed by atoms with Gasteiger partial charge in [0.25, 0.3) is 0 Å². The number of benzene rings is 1. The van der Waals surface area contributed by atoms with Gasteiger partial charge in [0, 0.05) is 12.3 Å². The predicted molar refractivity (Wildman–Crippen MR) is 89.6 cm³/mol. The van der Waals surface area contributed by atoms with Gasteiger partial charge in [-0.15, -0.1) is 0 Å². The minimum Gasteiger partial charge on any atom is -0.491 e. The average molecular weight is 361 g/mol. The van der Waals surface area contributed by atoms with Crippen molar-refractivity contribution < 1.29 is 23.6 Å². The fourth-order valence-corrected chi connectivity index (χ4v) is 2.36. The number of nitrogens with zero attached hydrogens (tertiary/aromatic N) is 2. The summed E-state index contributed by atoms with van der Waals surface area (Å²) < 4.78 is 15.8. The molecule has 0 saturated carbocycles. The molecular weight excluding hydrogens is 342 g/mol. The first-order chi connectivity index (χ1) is 12.6. The summed E-state index contributed by atoms with van der Waals surface area (Å²) in [4.78, 5) is 26.4. The van der Waals surface area contributed by atoms with E-state index in [9.17, 15) is 9.59 Å². The molecule has 0 radical (unpaired) electrons. The van der Waals surface area contributed by atoms with Crippen LogP contribution >= 0.6 is 0 Å². The molecule has 0 spiro atoms. The van der Waals surface area contributed by atoms with Crippen molar-refractivity contribution in [3.8, 4) is 5.75 Å². The maximum absolute atomic E-state index is 11.9.